The Morgan fingerprint density at radius 1 is 1.35 bits per heavy atom. The van der Waals surface area contributed by atoms with Crippen LogP contribution >= 0.6 is 23.1 Å². The van der Waals surface area contributed by atoms with Crippen molar-refractivity contribution in [2.75, 3.05) is 5.75 Å². The number of fused-ring (bicyclic) bond motifs is 3. The number of benzene rings is 1. The zero-order valence-electron chi connectivity index (χ0n) is 15.2. The van der Waals surface area contributed by atoms with Crippen molar-refractivity contribution in [3.8, 4) is 5.69 Å². The van der Waals surface area contributed by atoms with E-state index in [1.807, 2.05) is 30.3 Å². The third-order valence-electron chi connectivity index (χ3n) is 4.74. The zero-order chi connectivity index (χ0) is 18.3. The summed E-state index contributed by atoms with van der Waals surface area (Å²) in [5.41, 5.74) is 2.06. The highest BCUT2D eigenvalue weighted by molar-refractivity contribution is 7.99. The summed E-state index contributed by atoms with van der Waals surface area (Å²) < 4.78 is 7.76. The number of aromatic nitrogens is 2. The molecule has 0 amide bonds. The van der Waals surface area contributed by atoms with Crippen LogP contribution in [0.1, 0.15) is 31.2 Å². The summed E-state index contributed by atoms with van der Waals surface area (Å²) in [5, 5.41) is 1.54. The van der Waals surface area contributed by atoms with Crippen LogP contribution in [0.4, 0.5) is 0 Å². The Morgan fingerprint density at radius 2 is 2.12 bits per heavy atom. The van der Waals surface area contributed by atoms with Gasteiger partial charge in [-0.1, -0.05) is 50.7 Å². The largest absolute Gasteiger partial charge is 0.372 e. The predicted molar refractivity (Wildman–Crippen MR) is 109 cm³/mol. The van der Waals surface area contributed by atoms with Crippen molar-refractivity contribution in [2.45, 2.75) is 45.1 Å². The first-order valence-corrected chi connectivity index (χ1v) is 10.8. The summed E-state index contributed by atoms with van der Waals surface area (Å²) in [6, 6.07) is 9.81. The molecule has 0 spiro atoms. The van der Waals surface area contributed by atoms with Gasteiger partial charge in [-0.3, -0.25) is 9.36 Å². The van der Waals surface area contributed by atoms with Crippen LogP contribution in [0.2, 0.25) is 0 Å². The Bertz CT molecular complexity index is 992. The SMILES string of the molecule is CCSc1nc2sc3c(c2c(=O)n1-c1ccccc1)C[C@H](C(C)C)OC3. The number of hydrogen-bond donors (Lipinski definition) is 0. The zero-order valence-corrected chi connectivity index (χ0v) is 16.8. The van der Waals surface area contributed by atoms with Gasteiger partial charge in [0, 0.05) is 11.3 Å². The number of rotatable bonds is 4. The smallest absolute Gasteiger partial charge is 0.267 e. The van der Waals surface area contributed by atoms with E-state index in [-0.39, 0.29) is 11.7 Å². The van der Waals surface area contributed by atoms with Crippen LogP contribution in [-0.4, -0.2) is 21.4 Å². The van der Waals surface area contributed by atoms with Crippen molar-refractivity contribution >= 4 is 33.3 Å². The second-order valence-electron chi connectivity index (χ2n) is 6.79. The lowest BCUT2D eigenvalue weighted by molar-refractivity contribution is 0.00200. The molecule has 0 N–H and O–H groups in total. The van der Waals surface area contributed by atoms with E-state index in [2.05, 4.69) is 20.8 Å². The Kier molecular flexibility index (Phi) is 4.90. The van der Waals surface area contributed by atoms with E-state index in [9.17, 15) is 4.79 Å². The van der Waals surface area contributed by atoms with E-state index in [1.54, 1.807) is 27.7 Å². The summed E-state index contributed by atoms with van der Waals surface area (Å²) in [4.78, 5) is 20.4. The van der Waals surface area contributed by atoms with E-state index < -0.39 is 0 Å². The first-order chi connectivity index (χ1) is 12.6. The number of ether oxygens (including phenoxy) is 1. The van der Waals surface area contributed by atoms with Gasteiger partial charge in [-0.05, 0) is 29.4 Å². The van der Waals surface area contributed by atoms with E-state index in [0.717, 1.165) is 43.7 Å². The van der Waals surface area contributed by atoms with Crippen LogP contribution in [0.3, 0.4) is 0 Å². The van der Waals surface area contributed by atoms with Crippen molar-refractivity contribution in [3.05, 3.63) is 51.1 Å². The molecular formula is C20H22N2O2S2. The average Bonchev–Trinajstić information content (AvgIpc) is 3.00. The molecule has 1 aromatic carbocycles. The van der Waals surface area contributed by atoms with Gasteiger partial charge in [0.1, 0.15) is 4.83 Å². The predicted octanol–water partition coefficient (Wildman–Crippen LogP) is 4.66. The summed E-state index contributed by atoms with van der Waals surface area (Å²) in [6.07, 6.45) is 0.952. The standard InChI is InChI=1S/C20H22N2O2S2/c1-4-25-20-21-18-17(19(23)22(20)13-8-6-5-7-9-13)14-10-15(12(2)3)24-11-16(14)26-18/h5-9,12,15H,4,10-11H2,1-3H3/t15-/m1/s1. The maximum atomic E-state index is 13.5. The fourth-order valence-corrected chi connectivity index (χ4v) is 5.27. The van der Waals surface area contributed by atoms with Crippen molar-refractivity contribution < 1.29 is 4.74 Å². The van der Waals surface area contributed by atoms with Crippen LogP contribution in [0.25, 0.3) is 15.9 Å². The molecule has 1 aliphatic heterocycles. The number of hydrogen-bond acceptors (Lipinski definition) is 5. The van der Waals surface area contributed by atoms with Gasteiger partial charge in [-0.2, -0.15) is 0 Å². The second kappa shape index (κ2) is 7.18. The number of para-hydroxylation sites is 1. The minimum Gasteiger partial charge on any atom is -0.372 e. The molecule has 2 aromatic heterocycles. The van der Waals surface area contributed by atoms with Crippen LogP contribution in [-0.2, 0) is 17.8 Å². The molecule has 0 fully saturated rings. The molecule has 0 saturated heterocycles. The van der Waals surface area contributed by atoms with E-state index in [0.29, 0.717) is 12.5 Å². The lowest BCUT2D eigenvalue weighted by atomic mass is 9.96. The quantitative estimate of drug-likeness (QED) is 0.483. The van der Waals surface area contributed by atoms with E-state index in [1.165, 1.54) is 0 Å². The molecule has 1 aliphatic rings. The molecule has 3 heterocycles. The highest BCUT2D eigenvalue weighted by Crippen LogP contribution is 2.36. The summed E-state index contributed by atoms with van der Waals surface area (Å²) in [7, 11) is 0. The highest BCUT2D eigenvalue weighted by Gasteiger charge is 2.28. The van der Waals surface area contributed by atoms with Crippen LogP contribution in [0.5, 0.6) is 0 Å². The summed E-state index contributed by atoms with van der Waals surface area (Å²) >= 11 is 3.21. The van der Waals surface area contributed by atoms with Crippen molar-refractivity contribution in [3.63, 3.8) is 0 Å². The maximum Gasteiger partial charge on any atom is 0.267 e. The summed E-state index contributed by atoms with van der Waals surface area (Å²) in [6.45, 7) is 7.00. The van der Waals surface area contributed by atoms with Gasteiger partial charge >= 0.3 is 0 Å². The third kappa shape index (κ3) is 3.00. The molecule has 4 nitrogen and oxygen atoms in total. The molecular weight excluding hydrogens is 364 g/mol. The number of thiophene rings is 1. The van der Waals surface area contributed by atoms with Crippen LogP contribution in [0, 0.1) is 5.92 Å². The molecule has 0 aliphatic carbocycles. The fraction of sp³-hybridized carbons (Fsp3) is 0.400. The lowest BCUT2D eigenvalue weighted by Crippen LogP contribution is -2.28. The highest BCUT2D eigenvalue weighted by atomic mass is 32.2. The molecule has 1 atom stereocenters. The topological polar surface area (TPSA) is 44.1 Å². The second-order valence-corrected chi connectivity index (χ2v) is 9.10. The molecule has 0 saturated carbocycles. The summed E-state index contributed by atoms with van der Waals surface area (Å²) in [5.74, 6) is 1.30. The van der Waals surface area contributed by atoms with Gasteiger partial charge in [0.25, 0.3) is 5.56 Å². The van der Waals surface area contributed by atoms with E-state index >= 15 is 0 Å². The molecule has 3 aromatic rings. The van der Waals surface area contributed by atoms with Gasteiger partial charge < -0.3 is 4.74 Å². The molecule has 136 valence electrons. The van der Waals surface area contributed by atoms with Crippen molar-refractivity contribution in [2.24, 2.45) is 5.92 Å². The Balaban J connectivity index is 1.96. The van der Waals surface area contributed by atoms with Gasteiger partial charge in [-0.15, -0.1) is 11.3 Å². The number of thioether (sulfide) groups is 1. The molecule has 0 unspecified atom stereocenters. The molecule has 4 rings (SSSR count). The van der Waals surface area contributed by atoms with Crippen LogP contribution < -0.4 is 5.56 Å². The van der Waals surface area contributed by atoms with Gasteiger partial charge in [0.2, 0.25) is 0 Å². The Morgan fingerprint density at radius 3 is 2.81 bits per heavy atom. The monoisotopic (exact) mass is 386 g/mol. The normalized spacial score (nSPS) is 17.0. The average molecular weight is 387 g/mol. The van der Waals surface area contributed by atoms with E-state index in [4.69, 9.17) is 9.72 Å². The first-order valence-electron chi connectivity index (χ1n) is 8.97. The molecule has 0 radical (unpaired) electrons. The fourth-order valence-electron chi connectivity index (χ4n) is 3.37. The van der Waals surface area contributed by atoms with Crippen molar-refractivity contribution in [1.29, 1.82) is 0 Å². The van der Waals surface area contributed by atoms with Gasteiger partial charge in [0.15, 0.2) is 5.16 Å². The Labute approximate surface area is 161 Å². The molecule has 6 heteroatoms. The first kappa shape index (κ1) is 17.8. The van der Waals surface area contributed by atoms with Crippen molar-refractivity contribution in [1.82, 2.24) is 9.55 Å². The molecule has 26 heavy (non-hydrogen) atoms. The lowest BCUT2D eigenvalue weighted by Gasteiger charge is -2.26. The third-order valence-corrected chi connectivity index (χ3v) is 6.66. The number of nitrogens with zero attached hydrogens (tertiary/aromatic N) is 2. The van der Waals surface area contributed by atoms with Gasteiger partial charge in [-0.25, -0.2) is 4.98 Å². The Hall–Kier alpha value is -1.63. The molecule has 0 bridgehead atoms. The van der Waals surface area contributed by atoms with Gasteiger partial charge in [0.05, 0.1) is 23.8 Å². The minimum absolute atomic E-state index is 0.0408. The minimum atomic E-state index is 0.0408. The van der Waals surface area contributed by atoms with Crippen LogP contribution in [0.15, 0.2) is 40.3 Å². The maximum absolute atomic E-state index is 13.5.